The Morgan fingerprint density at radius 3 is 2.03 bits per heavy atom. The number of nitrogens with zero attached hydrogens (tertiary/aromatic N) is 2. The molecule has 0 bridgehead atoms. The van der Waals surface area contributed by atoms with Crippen molar-refractivity contribution < 1.29 is 66.3 Å². The van der Waals surface area contributed by atoms with Crippen LogP contribution in [0.2, 0.25) is 0 Å². The maximum absolute atomic E-state index is 12.2. The van der Waals surface area contributed by atoms with E-state index in [4.69, 9.17) is 4.18 Å². The number of allylic oxidation sites excluding steroid dienone is 7. The molecule has 0 radical (unpaired) electrons. The first kappa shape index (κ1) is 56.9. The summed E-state index contributed by atoms with van der Waals surface area (Å²) in [7, 11) is -13.1. The number of anilines is 1. The third-order valence-electron chi connectivity index (χ3n) is 14.4. The Kier molecular flexibility index (Phi) is 16.9. The third kappa shape index (κ3) is 12.6. The maximum atomic E-state index is 12.2. The SMILES string of the molecule is CC1(C)C(/C=C/C2=C(Sc3ccc(CCC(=O)O)cc3)C(=C/C=C3/N(CCCCS(=O)(=O)O)c4ccc5cc(S(=O)(=O)O)ccc5c4C3(C)C)/CCC2)=[N+](CCCCOS(=O)O)c2ccc3cc(S(=O)(=O)O)ccc3c21. The summed E-state index contributed by atoms with van der Waals surface area (Å²) in [5, 5.41) is 12.2. The van der Waals surface area contributed by atoms with Gasteiger partial charge in [0.15, 0.2) is 5.71 Å². The minimum absolute atomic E-state index is 0.00211. The zero-order valence-corrected chi connectivity index (χ0v) is 46.5. The van der Waals surface area contributed by atoms with Crippen LogP contribution in [0.1, 0.15) is 95.8 Å². The predicted molar refractivity (Wildman–Crippen MR) is 297 cm³/mol. The van der Waals surface area contributed by atoms with E-state index in [1.54, 1.807) is 30.0 Å². The van der Waals surface area contributed by atoms with Gasteiger partial charge in [0.05, 0.1) is 27.6 Å². The molecule has 5 N–H and O–H groups in total. The largest absolute Gasteiger partial charge is 0.481 e. The molecular weight excluding hydrogens is 1070 g/mol. The average molecular weight is 1130 g/mol. The molecule has 404 valence electrons. The highest BCUT2D eigenvalue weighted by atomic mass is 32.2. The van der Waals surface area contributed by atoms with Gasteiger partial charge in [-0.2, -0.15) is 34.0 Å². The molecule has 0 fully saturated rings. The summed E-state index contributed by atoms with van der Waals surface area (Å²) in [5.41, 5.74) is 7.25. The number of benzene rings is 5. The van der Waals surface area contributed by atoms with Crippen LogP contribution in [0.5, 0.6) is 0 Å². The molecule has 2 heterocycles. The highest BCUT2D eigenvalue weighted by molar-refractivity contribution is 8.03. The molecule has 0 aromatic heterocycles. The molecule has 1 unspecified atom stereocenters. The molecule has 2 aliphatic heterocycles. The maximum Gasteiger partial charge on any atom is 0.303 e. The molecule has 0 amide bonds. The monoisotopic (exact) mass is 1130 g/mol. The molecule has 8 rings (SSSR count). The van der Waals surface area contributed by atoms with Crippen LogP contribution in [0.3, 0.4) is 0 Å². The zero-order chi connectivity index (χ0) is 55.0. The lowest BCUT2D eigenvalue weighted by Gasteiger charge is -2.28. The Hall–Kier alpha value is -5.33. The molecule has 1 atom stereocenters. The van der Waals surface area contributed by atoms with Gasteiger partial charge in [0.25, 0.3) is 30.4 Å². The van der Waals surface area contributed by atoms with Crippen LogP contribution in [-0.4, -0.2) is 94.5 Å². The minimum atomic E-state index is -4.48. The number of thioether (sulfide) groups is 1. The summed E-state index contributed by atoms with van der Waals surface area (Å²) in [5.74, 6) is -1.27. The zero-order valence-electron chi connectivity index (χ0n) is 42.4. The van der Waals surface area contributed by atoms with Crippen molar-refractivity contribution in [1.29, 1.82) is 0 Å². The fourth-order valence-electron chi connectivity index (χ4n) is 10.8. The molecule has 76 heavy (non-hydrogen) atoms. The van der Waals surface area contributed by atoms with Gasteiger partial charge >= 0.3 is 17.3 Å². The van der Waals surface area contributed by atoms with Crippen LogP contribution in [-0.2, 0) is 67.9 Å². The summed E-state index contributed by atoms with van der Waals surface area (Å²) in [6.07, 6.45) is 12.9. The van der Waals surface area contributed by atoms with E-state index < -0.39 is 64.3 Å². The summed E-state index contributed by atoms with van der Waals surface area (Å²) in [6, 6.07) is 24.4. The van der Waals surface area contributed by atoms with Gasteiger partial charge in [-0.1, -0.05) is 68.1 Å². The first-order valence-electron chi connectivity index (χ1n) is 24.8. The van der Waals surface area contributed by atoms with Crippen molar-refractivity contribution in [2.45, 2.75) is 111 Å². The lowest BCUT2D eigenvalue weighted by molar-refractivity contribution is -0.438. The second-order valence-electron chi connectivity index (χ2n) is 20.2. The van der Waals surface area contributed by atoms with Crippen LogP contribution in [0, 0.1) is 0 Å². The second kappa shape index (κ2) is 22.6. The number of hydrogen-bond donors (Lipinski definition) is 5. The highest BCUT2D eigenvalue weighted by Gasteiger charge is 2.46. The Labute approximate surface area is 450 Å². The molecule has 16 nitrogen and oxygen atoms in total. The van der Waals surface area contributed by atoms with E-state index >= 15 is 0 Å². The first-order valence-corrected chi connectivity index (χ1v) is 31.1. The van der Waals surface area contributed by atoms with E-state index in [0.717, 1.165) is 90.5 Å². The van der Waals surface area contributed by atoms with Crippen LogP contribution in [0.25, 0.3) is 21.5 Å². The van der Waals surface area contributed by atoms with E-state index in [9.17, 15) is 57.6 Å². The molecule has 0 saturated heterocycles. The number of fused-ring (bicyclic) bond motifs is 6. The highest BCUT2D eigenvalue weighted by Crippen LogP contribution is 2.52. The van der Waals surface area contributed by atoms with Crippen molar-refractivity contribution in [3.8, 4) is 0 Å². The van der Waals surface area contributed by atoms with E-state index in [1.165, 1.54) is 24.3 Å². The average Bonchev–Trinajstić information content (AvgIpc) is 3.73. The molecule has 21 heteroatoms. The topological polar surface area (TPSA) is 253 Å². The number of hydrogen-bond acceptors (Lipinski definition) is 11. The third-order valence-corrected chi connectivity index (χ3v) is 18.5. The van der Waals surface area contributed by atoms with Crippen LogP contribution in [0.15, 0.2) is 146 Å². The number of aryl methyl sites for hydroxylation is 1. The van der Waals surface area contributed by atoms with E-state index in [2.05, 4.69) is 61.5 Å². The van der Waals surface area contributed by atoms with Crippen LogP contribution >= 0.6 is 11.8 Å². The predicted octanol–water partition coefficient (Wildman–Crippen LogP) is 10.9. The fourth-order valence-corrected chi connectivity index (χ4v) is 13.8. The van der Waals surface area contributed by atoms with Crippen molar-refractivity contribution >= 4 is 98.1 Å². The molecule has 3 aliphatic rings. The normalized spacial score (nSPS) is 18.2. The van der Waals surface area contributed by atoms with Crippen LogP contribution < -0.4 is 4.90 Å². The number of unbranched alkanes of at least 4 members (excludes halogenated alkanes) is 2. The van der Waals surface area contributed by atoms with Crippen molar-refractivity contribution in [3.63, 3.8) is 0 Å². The van der Waals surface area contributed by atoms with Gasteiger partial charge in [-0.15, -0.1) is 0 Å². The number of carboxylic acid groups (broad SMARTS) is 1. The van der Waals surface area contributed by atoms with E-state index in [-0.39, 0.29) is 29.2 Å². The number of aliphatic carboxylic acids is 1. The Morgan fingerprint density at radius 2 is 1.41 bits per heavy atom. The number of rotatable bonds is 21. The Balaban J connectivity index is 1.25. The van der Waals surface area contributed by atoms with Crippen molar-refractivity contribution in [2.24, 2.45) is 0 Å². The van der Waals surface area contributed by atoms with Crippen molar-refractivity contribution in [1.82, 2.24) is 0 Å². The van der Waals surface area contributed by atoms with Gasteiger partial charge in [-0.25, -0.2) is 0 Å². The van der Waals surface area contributed by atoms with E-state index in [1.807, 2.05) is 42.5 Å². The summed E-state index contributed by atoms with van der Waals surface area (Å²) in [4.78, 5) is 15.1. The minimum Gasteiger partial charge on any atom is -0.481 e. The standard InChI is InChI=1S/C55H60N2O14S5/c1-54(2)48(56(30-5-7-32-71-73(60)61)46-25-15-39-34-42(75(65,66)67)21-23-44(39)51(46)54)27-17-37-10-9-11-38(53(37)72-41-19-12-36(13-20-41)14-29-50(58)59)18-28-49-55(3,4)52-45-24-22-43(76(68,69)70)35-40(45)16-26-47(52)57(49)31-6-8-33-74(62,63)64/h12-13,15-28,34-35H,5-11,14,29-33H2,1-4H3,(H4-,58,59,60,61,62,63,64,65,66,67,68,69,70)/p+1. The molecule has 5 aromatic carbocycles. The fraction of sp³-hybridized carbons (Fsp3) is 0.345. The second-order valence-corrected chi connectivity index (χ2v) is 26.4. The quantitative estimate of drug-likeness (QED) is 0.0198. The Morgan fingerprint density at radius 1 is 0.763 bits per heavy atom. The Bertz CT molecular complexity index is 3670. The lowest BCUT2D eigenvalue weighted by atomic mass is 9.78. The molecular formula is C55H61N2O14S5+. The van der Waals surface area contributed by atoms with E-state index in [0.29, 0.717) is 49.5 Å². The van der Waals surface area contributed by atoms with Gasteiger partial charge in [-0.3, -0.25) is 27.2 Å². The van der Waals surface area contributed by atoms with Gasteiger partial charge < -0.3 is 10.0 Å². The van der Waals surface area contributed by atoms with Crippen LogP contribution in [0.4, 0.5) is 11.4 Å². The lowest BCUT2D eigenvalue weighted by Crippen LogP contribution is -2.28. The van der Waals surface area contributed by atoms with Crippen molar-refractivity contribution in [2.75, 3.05) is 30.3 Å². The molecule has 0 spiro atoms. The van der Waals surface area contributed by atoms with Gasteiger partial charge in [0, 0.05) is 63.7 Å². The summed E-state index contributed by atoms with van der Waals surface area (Å²) in [6.45, 7) is 9.41. The molecule has 1 aliphatic carbocycles. The first-order chi connectivity index (χ1) is 35.7. The molecule has 0 saturated carbocycles. The molecule has 5 aromatic rings. The number of carbonyl (C=O) groups is 1. The van der Waals surface area contributed by atoms with Gasteiger partial charge in [-0.05, 0) is 157 Å². The smallest absolute Gasteiger partial charge is 0.303 e. The van der Waals surface area contributed by atoms with Gasteiger partial charge in [0.2, 0.25) is 5.69 Å². The van der Waals surface area contributed by atoms with Crippen molar-refractivity contribution in [3.05, 3.63) is 148 Å². The summed E-state index contributed by atoms with van der Waals surface area (Å²) >= 11 is -0.788. The summed E-state index contributed by atoms with van der Waals surface area (Å²) < 4.78 is 129. The number of carboxylic acids is 1. The van der Waals surface area contributed by atoms with Gasteiger partial charge in [0.1, 0.15) is 6.54 Å².